The van der Waals surface area contributed by atoms with Crippen LogP contribution in [0.5, 0.6) is 0 Å². The van der Waals surface area contributed by atoms with E-state index in [0.29, 0.717) is 23.0 Å². The number of carbonyl (C=O) groups excluding carboxylic acids is 2. The molecule has 0 spiro atoms. The molecular weight excluding hydrogens is 366 g/mol. The van der Waals surface area contributed by atoms with Gasteiger partial charge in [-0.1, -0.05) is 42.8 Å². The highest BCUT2D eigenvalue weighted by Crippen LogP contribution is 2.54. The molecule has 150 valence electrons. The molecule has 3 fully saturated rings. The van der Waals surface area contributed by atoms with Crippen LogP contribution in [0.25, 0.3) is 0 Å². The van der Waals surface area contributed by atoms with Gasteiger partial charge < -0.3 is 9.47 Å². The molecule has 2 heterocycles. The number of nitrogens with zero attached hydrogens (tertiary/aromatic N) is 1. The van der Waals surface area contributed by atoms with Crippen LogP contribution in [0.3, 0.4) is 0 Å². The van der Waals surface area contributed by atoms with Crippen LogP contribution in [0.15, 0.2) is 60.7 Å². The first-order valence-electron chi connectivity index (χ1n) is 10.4. The number of ether oxygens (including phenoxy) is 2. The van der Waals surface area contributed by atoms with Gasteiger partial charge in [0.1, 0.15) is 0 Å². The van der Waals surface area contributed by atoms with E-state index in [9.17, 15) is 9.59 Å². The zero-order chi connectivity index (χ0) is 20.0. The molecule has 2 aromatic carbocycles. The first-order valence-corrected chi connectivity index (χ1v) is 10.4. The van der Waals surface area contributed by atoms with Crippen molar-refractivity contribution < 1.29 is 19.1 Å². The van der Waals surface area contributed by atoms with Crippen LogP contribution in [-0.4, -0.2) is 48.2 Å². The third-order valence-electron chi connectivity index (χ3n) is 6.94. The van der Waals surface area contributed by atoms with Gasteiger partial charge in [-0.2, -0.15) is 0 Å². The molecule has 1 saturated carbocycles. The lowest BCUT2D eigenvalue weighted by atomic mass is 9.78. The van der Waals surface area contributed by atoms with Gasteiger partial charge in [-0.15, -0.1) is 0 Å². The topological polar surface area (TPSA) is 55.8 Å². The zero-order valence-corrected chi connectivity index (χ0v) is 16.4. The van der Waals surface area contributed by atoms with Crippen LogP contribution >= 0.6 is 0 Å². The largest absolute Gasteiger partial charge is 0.453 e. The van der Waals surface area contributed by atoms with E-state index in [2.05, 4.69) is 11.9 Å². The van der Waals surface area contributed by atoms with Crippen LogP contribution in [0.4, 0.5) is 0 Å². The fourth-order valence-corrected chi connectivity index (χ4v) is 5.81. The van der Waals surface area contributed by atoms with E-state index in [1.54, 1.807) is 24.3 Å². The average molecular weight is 391 g/mol. The van der Waals surface area contributed by atoms with Gasteiger partial charge in [0.05, 0.1) is 23.2 Å². The summed E-state index contributed by atoms with van der Waals surface area (Å²) in [7, 11) is 2.08. The van der Waals surface area contributed by atoms with Gasteiger partial charge in [-0.3, -0.25) is 4.90 Å². The molecule has 2 aromatic rings. The number of esters is 2. The number of fused-ring (bicyclic) bond motifs is 5. The van der Waals surface area contributed by atoms with E-state index in [1.807, 2.05) is 36.4 Å². The lowest BCUT2D eigenvalue weighted by Gasteiger charge is -2.35. The Morgan fingerprint density at radius 3 is 1.59 bits per heavy atom. The predicted molar refractivity (Wildman–Crippen MR) is 107 cm³/mol. The van der Waals surface area contributed by atoms with E-state index < -0.39 is 12.2 Å². The van der Waals surface area contributed by atoms with Crippen molar-refractivity contribution in [2.45, 2.75) is 43.6 Å². The first kappa shape index (κ1) is 18.4. The molecule has 0 aromatic heterocycles. The highest BCUT2D eigenvalue weighted by Gasteiger charge is 2.65. The molecule has 0 amide bonds. The predicted octanol–water partition coefficient (Wildman–Crippen LogP) is 3.55. The van der Waals surface area contributed by atoms with Gasteiger partial charge in [-0.25, -0.2) is 9.59 Å². The minimum atomic E-state index is -0.440. The van der Waals surface area contributed by atoms with Gasteiger partial charge >= 0.3 is 11.9 Å². The maximum Gasteiger partial charge on any atom is 0.338 e. The number of hydrogen-bond acceptors (Lipinski definition) is 5. The number of benzene rings is 2. The fraction of sp³-hybridized carbons (Fsp3) is 0.417. The molecule has 6 unspecified atom stereocenters. The van der Waals surface area contributed by atoms with Gasteiger partial charge in [0.2, 0.25) is 0 Å². The lowest BCUT2D eigenvalue weighted by molar-refractivity contribution is -0.0540. The normalized spacial score (nSPS) is 32.7. The molecule has 6 atom stereocenters. The molecule has 29 heavy (non-hydrogen) atoms. The van der Waals surface area contributed by atoms with Crippen molar-refractivity contribution in [3.05, 3.63) is 71.8 Å². The molecule has 1 aliphatic carbocycles. The summed E-state index contributed by atoms with van der Waals surface area (Å²) in [6, 6.07) is 18.3. The highest BCUT2D eigenvalue weighted by atomic mass is 16.6. The Bertz CT molecular complexity index is 826. The molecule has 5 nitrogen and oxygen atoms in total. The van der Waals surface area contributed by atoms with Crippen LogP contribution in [0.1, 0.15) is 40.0 Å². The number of likely N-dealkylation sites (N-methyl/N-ethyl adjacent to an activating group) is 1. The second kappa shape index (κ2) is 7.30. The Kier molecular flexibility index (Phi) is 4.63. The zero-order valence-electron chi connectivity index (χ0n) is 16.4. The van der Waals surface area contributed by atoms with E-state index in [0.717, 1.165) is 12.8 Å². The van der Waals surface area contributed by atoms with Crippen LogP contribution < -0.4 is 0 Å². The summed E-state index contributed by atoms with van der Waals surface area (Å²) in [4.78, 5) is 27.9. The van der Waals surface area contributed by atoms with E-state index in [-0.39, 0.29) is 24.0 Å². The molecule has 0 radical (unpaired) electrons. The third-order valence-corrected chi connectivity index (χ3v) is 6.94. The Hall–Kier alpha value is -2.66. The summed E-state index contributed by atoms with van der Waals surface area (Å²) < 4.78 is 12.0. The molecule has 2 aliphatic heterocycles. The average Bonchev–Trinajstić information content (AvgIpc) is 3.39. The molecule has 0 N–H and O–H groups in total. The monoisotopic (exact) mass is 391 g/mol. The standard InChI is InChI=1S/C24H25NO4/c1-25-19-17-13-8-14-18(17)20(25)22(29-24(27)16-11-6-3-7-12-16)21(19)28-23(26)15-9-4-2-5-10-15/h2-7,9-12,17-22H,8,13-14H2,1H3. The Labute approximate surface area is 170 Å². The number of hydrogen-bond donors (Lipinski definition) is 0. The summed E-state index contributed by atoms with van der Waals surface area (Å²) in [6.45, 7) is 0. The summed E-state index contributed by atoms with van der Waals surface area (Å²) in [5.74, 6) is 0.300. The maximum atomic E-state index is 12.8. The van der Waals surface area contributed by atoms with Gasteiger partial charge in [0.25, 0.3) is 0 Å². The van der Waals surface area contributed by atoms with E-state index in [1.165, 1.54) is 6.42 Å². The Morgan fingerprint density at radius 2 is 1.17 bits per heavy atom. The van der Waals surface area contributed by atoms with Crippen LogP contribution in [0.2, 0.25) is 0 Å². The van der Waals surface area contributed by atoms with Crippen molar-refractivity contribution in [1.29, 1.82) is 0 Å². The van der Waals surface area contributed by atoms with Crippen molar-refractivity contribution in [1.82, 2.24) is 4.90 Å². The summed E-state index contributed by atoms with van der Waals surface area (Å²) in [6.07, 6.45) is 2.60. The van der Waals surface area contributed by atoms with Crippen LogP contribution in [0, 0.1) is 11.8 Å². The van der Waals surface area contributed by atoms with Crippen molar-refractivity contribution in [2.24, 2.45) is 11.8 Å². The molecule has 5 rings (SSSR count). The number of rotatable bonds is 4. The SMILES string of the molecule is CN1C2C3CCCC3C1C(OC(=O)c1ccccc1)C2OC(=O)c1ccccc1. The second-order valence-electron chi connectivity index (χ2n) is 8.38. The molecule has 2 saturated heterocycles. The van der Waals surface area contributed by atoms with Crippen LogP contribution in [-0.2, 0) is 9.47 Å². The molecule has 2 bridgehead atoms. The van der Waals surface area contributed by atoms with Gasteiger partial charge in [0.15, 0.2) is 12.2 Å². The molecular formula is C24H25NO4. The Morgan fingerprint density at radius 1 is 0.759 bits per heavy atom. The Balaban J connectivity index is 1.42. The minimum Gasteiger partial charge on any atom is -0.453 e. The fourth-order valence-electron chi connectivity index (χ4n) is 5.81. The maximum absolute atomic E-state index is 12.8. The summed E-state index contributed by atoms with van der Waals surface area (Å²) >= 11 is 0. The molecule has 5 heteroatoms. The first-order chi connectivity index (χ1) is 14.1. The van der Waals surface area contributed by atoms with Gasteiger partial charge in [-0.05, 0) is 56.0 Å². The van der Waals surface area contributed by atoms with Crippen molar-refractivity contribution in [2.75, 3.05) is 7.05 Å². The second-order valence-corrected chi connectivity index (χ2v) is 8.38. The van der Waals surface area contributed by atoms with Crippen molar-refractivity contribution >= 4 is 11.9 Å². The highest BCUT2D eigenvalue weighted by molar-refractivity contribution is 5.90. The third kappa shape index (κ3) is 3.04. The quantitative estimate of drug-likeness (QED) is 0.746. The number of carbonyl (C=O) groups is 2. The van der Waals surface area contributed by atoms with Gasteiger partial charge in [0, 0.05) is 0 Å². The van der Waals surface area contributed by atoms with E-state index >= 15 is 0 Å². The van der Waals surface area contributed by atoms with E-state index in [4.69, 9.17) is 9.47 Å². The smallest absolute Gasteiger partial charge is 0.338 e. The molecule has 3 aliphatic rings. The summed E-state index contributed by atoms with van der Waals surface area (Å²) in [5.41, 5.74) is 1.04. The lowest BCUT2D eigenvalue weighted by Crippen LogP contribution is -2.49. The van der Waals surface area contributed by atoms with Crippen molar-refractivity contribution in [3.63, 3.8) is 0 Å². The summed E-state index contributed by atoms with van der Waals surface area (Å²) in [5, 5.41) is 0. The minimum absolute atomic E-state index is 0.105. The van der Waals surface area contributed by atoms with Crippen molar-refractivity contribution in [3.8, 4) is 0 Å².